The Morgan fingerprint density at radius 2 is 2.00 bits per heavy atom. The smallest absolute Gasteiger partial charge is 0.227 e. The van der Waals surface area contributed by atoms with Gasteiger partial charge >= 0.3 is 0 Å². The number of carbonyl (C=O) groups is 1. The molecule has 26 heavy (non-hydrogen) atoms. The molecule has 2 heterocycles. The van der Waals surface area contributed by atoms with Crippen LogP contribution in [0, 0.1) is 0 Å². The SMILES string of the molecule is COc1ccc(CC(=O)N2CCN(Cc3ccco3)C[C@@H]2C)cc1OC. The maximum Gasteiger partial charge on any atom is 0.227 e. The van der Waals surface area contributed by atoms with E-state index in [1.807, 2.05) is 35.2 Å². The van der Waals surface area contributed by atoms with Crippen LogP contribution in [-0.4, -0.2) is 55.6 Å². The molecule has 140 valence electrons. The van der Waals surface area contributed by atoms with Gasteiger partial charge in [0.05, 0.1) is 33.4 Å². The summed E-state index contributed by atoms with van der Waals surface area (Å²) in [6.45, 7) is 5.31. The van der Waals surface area contributed by atoms with E-state index in [1.54, 1.807) is 20.5 Å². The summed E-state index contributed by atoms with van der Waals surface area (Å²) in [5, 5.41) is 0. The van der Waals surface area contributed by atoms with E-state index in [-0.39, 0.29) is 11.9 Å². The predicted octanol–water partition coefficient (Wildman–Crippen LogP) is 2.57. The molecule has 1 aromatic carbocycles. The number of benzene rings is 1. The van der Waals surface area contributed by atoms with Gasteiger partial charge in [0, 0.05) is 25.7 Å². The van der Waals surface area contributed by atoms with Crippen LogP contribution in [-0.2, 0) is 17.8 Å². The lowest BCUT2D eigenvalue weighted by Crippen LogP contribution is -2.54. The average molecular weight is 358 g/mol. The number of nitrogens with zero attached hydrogens (tertiary/aromatic N) is 2. The number of amides is 1. The fourth-order valence-corrected chi connectivity index (χ4v) is 3.44. The van der Waals surface area contributed by atoms with E-state index in [4.69, 9.17) is 13.9 Å². The predicted molar refractivity (Wildman–Crippen MR) is 98.4 cm³/mol. The Hall–Kier alpha value is -2.47. The molecule has 1 atom stereocenters. The Labute approximate surface area is 154 Å². The molecule has 0 N–H and O–H groups in total. The van der Waals surface area contributed by atoms with Crippen molar-refractivity contribution in [2.24, 2.45) is 0 Å². The lowest BCUT2D eigenvalue weighted by molar-refractivity contribution is -0.135. The van der Waals surface area contributed by atoms with Crippen LogP contribution in [0.1, 0.15) is 18.2 Å². The third-order valence-corrected chi connectivity index (χ3v) is 4.79. The van der Waals surface area contributed by atoms with Gasteiger partial charge in [0.15, 0.2) is 11.5 Å². The minimum absolute atomic E-state index is 0.141. The Balaban J connectivity index is 1.58. The molecule has 6 heteroatoms. The molecule has 2 aromatic rings. The highest BCUT2D eigenvalue weighted by molar-refractivity contribution is 5.79. The molecule has 0 unspecified atom stereocenters. The maximum atomic E-state index is 12.8. The van der Waals surface area contributed by atoms with Gasteiger partial charge in [0.2, 0.25) is 5.91 Å². The summed E-state index contributed by atoms with van der Waals surface area (Å²) in [5.74, 6) is 2.42. The molecule has 6 nitrogen and oxygen atoms in total. The minimum atomic E-state index is 0.141. The molecule has 0 radical (unpaired) electrons. The zero-order chi connectivity index (χ0) is 18.5. The van der Waals surface area contributed by atoms with E-state index in [9.17, 15) is 4.79 Å². The van der Waals surface area contributed by atoms with Crippen LogP contribution < -0.4 is 9.47 Å². The van der Waals surface area contributed by atoms with Crippen molar-refractivity contribution >= 4 is 5.91 Å². The van der Waals surface area contributed by atoms with Gasteiger partial charge in [-0.25, -0.2) is 0 Å². The quantitative estimate of drug-likeness (QED) is 0.794. The molecule has 1 aliphatic rings. The first kappa shape index (κ1) is 18.3. The zero-order valence-electron chi connectivity index (χ0n) is 15.6. The highest BCUT2D eigenvalue weighted by atomic mass is 16.5. The van der Waals surface area contributed by atoms with Gasteiger partial charge in [-0.3, -0.25) is 9.69 Å². The molecule has 1 amide bonds. The Bertz CT molecular complexity index is 729. The lowest BCUT2D eigenvalue weighted by atomic mass is 10.1. The fraction of sp³-hybridized carbons (Fsp3) is 0.450. The number of carbonyl (C=O) groups excluding carboxylic acids is 1. The van der Waals surface area contributed by atoms with Crippen molar-refractivity contribution in [1.29, 1.82) is 0 Å². The van der Waals surface area contributed by atoms with Crippen LogP contribution in [0.15, 0.2) is 41.0 Å². The van der Waals surface area contributed by atoms with E-state index >= 15 is 0 Å². The van der Waals surface area contributed by atoms with Gasteiger partial charge in [0.25, 0.3) is 0 Å². The van der Waals surface area contributed by atoms with Crippen LogP contribution in [0.25, 0.3) is 0 Å². The molecule has 0 bridgehead atoms. The molecule has 1 aromatic heterocycles. The van der Waals surface area contributed by atoms with Crippen molar-refractivity contribution in [3.8, 4) is 11.5 Å². The number of rotatable bonds is 6. The van der Waals surface area contributed by atoms with E-state index in [1.165, 1.54) is 0 Å². The number of hydrogen-bond donors (Lipinski definition) is 0. The topological polar surface area (TPSA) is 55.2 Å². The number of piperazine rings is 1. The largest absolute Gasteiger partial charge is 0.493 e. The second-order valence-corrected chi connectivity index (χ2v) is 6.62. The van der Waals surface area contributed by atoms with Crippen molar-refractivity contribution in [3.05, 3.63) is 47.9 Å². The Kier molecular flexibility index (Phi) is 5.83. The summed E-state index contributed by atoms with van der Waals surface area (Å²) in [6.07, 6.45) is 2.06. The standard InChI is InChI=1S/C20H26N2O4/c1-15-13-21(14-17-5-4-10-26-17)8-9-22(15)20(23)12-16-6-7-18(24-2)19(11-16)25-3/h4-7,10-11,15H,8-9,12-14H2,1-3H3/t15-/m0/s1. The molecule has 0 aliphatic carbocycles. The zero-order valence-corrected chi connectivity index (χ0v) is 15.6. The molecule has 1 aliphatic heterocycles. The van der Waals surface area contributed by atoms with Crippen molar-refractivity contribution in [2.75, 3.05) is 33.9 Å². The first-order valence-electron chi connectivity index (χ1n) is 8.86. The molecule has 1 fully saturated rings. The molecule has 3 rings (SSSR count). The third kappa shape index (κ3) is 4.19. The molecule has 0 spiro atoms. The summed E-state index contributed by atoms with van der Waals surface area (Å²) in [7, 11) is 3.20. The van der Waals surface area contributed by atoms with Gasteiger partial charge in [-0.1, -0.05) is 6.07 Å². The molecule has 1 saturated heterocycles. The van der Waals surface area contributed by atoms with Gasteiger partial charge in [0.1, 0.15) is 5.76 Å². The second kappa shape index (κ2) is 8.27. The van der Waals surface area contributed by atoms with Crippen molar-refractivity contribution < 1.29 is 18.7 Å². The molecular weight excluding hydrogens is 332 g/mol. The van der Waals surface area contributed by atoms with Gasteiger partial charge < -0.3 is 18.8 Å². The summed E-state index contributed by atoms with van der Waals surface area (Å²) in [4.78, 5) is 17.1. The van der Waals surface area contributed by atoms with Crippen LogP contribution >= 0.6 is 0 Å². The number of ether oxygens (including phenoxy) is 2. The van der Waals surface area contributed by atoms with Crippen LogP contribution in [0.5, 0.6) is 11.5 Å². The normalized spacial score (nSPS) is 18.0. The fourth-order valence-electron chi connectivity index (χ4n) is 3.44. The monoisotopic (exact) mass is 358 g/mol. The Morgan fingerprint density at radius 3 is 2.65 bits per heavy atom. The first-order valence-corrected chi connectivity index (χ1v) is 8.86. The van der Waals surface area contributed by atoms with Crippen LogP contribution in [0.3, 0.4) is 0 Å². The molecular formula is C20H26N2O4. The number of hydrogen-bond acceptors (Lipinski definition) is 5. The van der Waals surface area contributed by atoms with E-state index in [0.29, 0.717) is 17.9 Å². The van der Waals surface area contributed by atoms with Crippen molar-refractivity contribution in [3.63, 3.8) is 0 Å². The second-order valence-electron chi connectivity index (χ2n) is 6.62. The van der Waals surface area contributed by atoms with Crippen LogP contribution in [0.4, 0.5) is 0 Å². The van der Waals surface area contributed by atoms with Crippen LogP contribution in [0.2, 0.25) is 0 Å². The van der Waals surface area contributed by atoms with Crippen molar-refractivity contribution in [2.45, 2.75) is 25.9 Å². The maximum absolute atomic E-state index is 12.8. The van der Waals surface area contributed by atoms with E-state index in [2.05, 4.69) is 11.8 Å². The van der Waals surface area contributed by atoms with Gasteiger partial charge in [-0.15, -0.1) is 0 Å². The van der Waals surface area contributed by atoms with Gasteiger partial charge in [-0.05, 0) is 36.8 Å². The number of furan rings is 1. The third-order valence-electron chi connectivity index (χ3n) is 4.79. The minimum Gasteiger partial charge on any atom is -0.493 e. The molecule has 0 saturated carbocycles. The van der Waals surface area contributed by atoms with E-state index in [0.717, 1.165) is 37.5 Å². The lowest BCUT2D eigenvalue weighted by Gasteiger charge is -2.39. The summed E-state index contributed by atoms with van der Waals surface area (Å²) >= 11 is 0. The summed E-state index contributed by atoms with van der Waals surface area (Å²) in [5.41, 5.74) is 0.929. The van der Waals surface area contributed by atoms with E-state index < -0.39 is 0 Å². The average Bonchev–Trinajstić information content (AvgIpc) is 3.14. The van der Waals surface area contributed by atoms with Crippen molar-refractivity contribution in [1.82, 2.24) is 9.80 Å². The van der Waals surface area contributed by atoms with Gasteiger partial charge in [-0.2, -0.15) is 0 Å². The Morgan fingerprint density at radius 1 is 1.19 bits per heavy atom. The summed E-state index contributed by atoms with van der Waals surface area (Å²) in [6, 6.07) is 9.69. The highest BCUT2D eigenvalue weighted by Gasteiger charge is 2.27. The first-order chi connectivity index (χ1) is 12.6. The number of methoxy groups -OCH3 is 2. The highest BCUT2D eigenvalue weighted by Crippen LogP contribution is 2.28. The summed E-state index contributed by atoms with van der Waals surface area (Å²) < 4.78 is 16.0.